The van der Waals surface area contributed by atoms with Crippen molar-refractivity contribution in [3.8, 4) is 0 Å². The maximum absolute atomic E-state index is 14.1. The number of amides is 4. The van der Waals surface area contributed by atoms with Crippen molar-refractivity contribution in [2.75, 3.05) is 18.8 Å². The maximum Gasteiger partial charge on any atom is 0.410 e. The highest BCUT2D eigenvalue weighted by Crippen LogP contribution is 2.45. The second-order valence-electron chi connectivity index (χ2n) is 13.7. The number of ether oxygens (including phenoxy) is 2. The summed E-state index contributed by atoms with van der Waals surface area (Å²) in [6.07, 6.45) is 5.69. The number of fused-ring (bicyclic) bond motifs is 3. The summed E-state index contributed by atoms with van der Waals surface area (Å²) in [7, 11) is 0. The van der Waals surface area contributed by atoms with E-state index in [9.17, 15) is 29.1 Å². The lowest BCUT2D eigenvalue weighted by molar-refractivity contribution is -0.145. The Labute approximate surface area is 268 Å². The van der Waals surface area contributed by atoms with E-state index in [1.807, 2.05) is 30.4 Å². The topological polar surface area (TPSA) is 181 Å². The SMILES string of the molecule is CC(C)(C)OC(=O)N[C@H]1CCCCC/C=C\[C@@H]2C[C@@]2(C(=O)O)NC(=O)[C@@H]2C[C@@H](OC(=O)N3CCc4c(N)cccc4C3)CN2C1=O. The number of nitrogens with one attached hydrogen (secondary N) is 2. The Morgan fingerprint density at radius 3 is 2.67 bits per heavy atom. The Hall–Kier alpha value is -4.29. The molecule has 13 heteroatoms. The van der Waals surface area contributed by atoms with E-state index >= 15 is 0 Å². The Morgan fingerprint density at radius 2 is 1.93 bits per heavy atom. The van der Waals surface area contributed by atoms with Gasteiger partial charge in [0.25, 0.3) is 0 Å². The van der Waals surface area contributed by atoms with Crippen LogP contribution >= 0.6 is 0 Å². The molecule has 0 radical (unpaired) electrons. The molecule has 2 fully saturated rings. The number of carbonyl (C=O) groups excluding carboxylic acids is 4. The van der Waals surface area contributed by atoms with Crippen molar-refractivity contribution in [1.29, 1.82) is 0 Å². The minimum Gasteiger partial charge on any atom is -0.479 e. The fraction of sp³-hybridized carbons (Fsp3) is 0.606. The number of hydrogen-bond acceptors (Lipinski definition) is 8. The first kappa shape index (κ1) is 33.1. The molecule has 4 amide bonds. The summed E-state index contributed by atoms with van der Waals surface area (Å²) in [6.45, 7) is 5.79. The molecule has 46 heavy (non-hydrogen) atoms. The van der Waals surface area contributed by atoms with Gasteiger partial charge < -0.3 is 40.7 Å². The largest absolute Gasteiger partial charge is 0.479 e. The monoisotopic (exact) mass is 639 g/mol. The number of anilines is 1. The van der Waals surface area contributed by atoms with Crippen LogP contribution in [0.25, 0.3) is 0 Å². The quantitative estimate of drug-likeness (QED) is 0.285. The molecular formula is C33H45N5O8. The normalized spacial score (nSPS) is 29.1. The lowest BCUT2D eigenvalue weighted by atomic mass is 9.98. The second kappa shape index (κ2) is 13.2. The van der Waals surface area contributed by atoms with Gasteiger partial charge in [-0.1, -0.05) is 37.1 Å². The highest BCUT2D eigenvalue weighted by Gasteiger charge is 2.61. The van der Waals surface area contributed by atoms with Crippen molar-refractivity contribution < 1.29 is 38.6 Å². The van der Waals surface area contributed by atoms with E-state index in [4.69, 9.17) is 15.2 Å². The van der Waals surface area contributed by atoms with E-state index in [0.717, 1.165) is 30.4 Å². The molecule has 13 nitrogen and oxygen atoms in total. The van der Waals surface area contributed by atoms with Crippen LogP contribution in [-0.2, 0) is 36.8 Å². The summed E-state index contributed by atoms with van der Waals surface area (Å²) >= 11 is 0. The predicted molar refractivity (Wildman–Crippen MR) is 167 cm³/mol. The van der Waals surface area contributed by atoms with Crippen LogP contribution in [-0.4, -0.2) is 87.3 Å². The number of aliphatic carboxylic acids is 1. The molecule has 0 spiro atoms. The standard InChI is InChI=1S/C33H45N5O8/c1-32(2,3)46-30(43)35-25-13-8-6-4-5-7-11-21-17-33(21,29(41)42)36-27(39)26-16-22(19-38(26)28(25)40)45-31(44)37-15-14-23-20(18-37)10-9-12-24(23)34/h7,9-12,21-22,25-26H,4-6,8,13-19,34H2,1-3H3,(H,35,43)(H,36,39)(H,41,42)/b11-7-/t21-,22-,25+,26+,33-/m1/s1. The van der Waals surface area contributed by atoms with E-state index in [2.05, 4.69) is 10.6 Å². The molecule has 5 N–H and O–H groups in total. The van der Waals surface area contributed by atoms with Crippen molar-refractivity contribution >= 4 is 35.7 Å². The molecule has 1 saturated heterocycles. The van der Waals surface area contributed by atoms with Crippen LogP contribution in [0.2, 0.25) is 0 Å². The number of hydrogen-bond donors (Lipinski definition) is 4. The number of carbonyl (C=O) groups is 5. The van der Waals surface area contributed by atoms with Crippen LogP contribution in [0.1, 0.15) is 76.8 Å². The maximum atomic E-state index is 14.1. The van der Waals surface area contributed by atoms with Gasteiger partial charge >= 0.3 is 18.2 Å². The molecule has 4 aliphatic rings. The lowest BCUT2D eigenvalue weighted by Crippen LogP contribution is -2.56. The summed E-state index contributed by atoms with van der Waals surface area (Å²) in [5, 5.41) is 15.5. The number of benzene rings is 1. The number of rotatable bonds is 3. The van der Waals surface area contributed by atoms with Crippen LogP contribution in [0.15, 0.2) is 30.4 Å². The molecule has 1 aliphatic carbocycles. The number of allylic oxidation sites excluding steroid dienone is 1. The van der Waals surface area contributed by atoms with Crippen molar-refractivity contribution in [3.05, 3.63) is 41.5 Å². The Balaban J connectivity index is 1.37. The van der Waals surface area contributed by atoms with E-state index in [0.29, 0.717) is 38.0 Å². The summed E-state index contributed by atoms with van der Waals surface area (Å²) in [5.74, 6) is -2.67. The van der Waals surface area contributed by atoms with Crippen molar-refractivity contribution in [2.45, 2.75) is 108 Å². The third kappa shape index (κ3) is 7.39. The third-order valence-electron chi connectivity index (χ3n) is 9.14. The Morgan fingerprint density at radius 1 is 1.15 bits per heavy atom. The highest BCUT2D eigenvalue weighted by molar-refractivity contribution is 5.96. The second-order valence-corrected chi connectivity index (χ2v) is 13.7. The molecule has 0 bridgehead atoms. The highest BCUT2D eigenvalue weighted by atomic mass is 16.6. The zero-order chi connectivity index (χ0) is 33.2. The fourth-order valence-corrected chi connectivity index (χ4v) is 6.61. The number of alkyl carbamates (subject to hydrolysis) is 1. The molecule has 5 rings (SSSR count). The number of nitrogens with two attached hydrogens (primary N) is 1. The van der Waals surface area contributed by atoms with Crippen molar-refractivity contribution in [3.63, 3.8) is 0 Å². The third-order valence-corrected chi connectivity index (χ3v) is 9.14. The average Bonchev–Trinajstić information content (AvgIpc) is 3.52. The van der Waals surface area contributed by atoms with Crippen LogP contribution in [0, 0.1) is 5.92 Å². The summed E-state index contributed by atoms with van der Waals surface area (Å²) in [4.78, 5) is 69.2. The lowest BCUT2D eigenvalue weighted by Gasteiger charge is -2.30. The van der Waals surface area contributed by atoms with Crippen molar-refractivity contribution in [1.82, 2.24) is 20.4 Å². The van der Waals surface area contributed by atoms with Gasteiger partial charge in [-0.25, -0.2) is 14.4 Å². The first-order valence-corrected chi connectivity index (χ1v) is 16.1. The van der Waals surface area contributed by atoms with Crippen molar-refractivity contribution in [2.24, 2.45) is 5.92 Å². The minimum absolute atomic E-state index is 0.0178. The Bertz CT molecular complexity index is 1410. The number of nitrogen functional groups attached to an aromatic ring is 1. The molecule has 3 aliphatic heterocycles. The molecule has 1 aromatic rings. The molecular weight excluding hydrogens is 594 g/mol. The number of nitrogens with zero attached hydrogens (tertiary/aromatic N) is 2. The van der Waals surface area contributed by atoms with Gasteiger partial charge in [-0.05, 0) is 70.1 Å². The zero-order valence-corrected chi connectivity index (χ0v) is 26.8. The van der Waals surface area contributed by atoms with Gasteiger partial charge in [0.15, 0.2) is 0 Å². The molecule has 5 atom stereocenters. The van der Waals surface area contributed by atoms with Gasteiger partial charge in [0.1, 0.15) is 29.3 Å². The van der Waals surface area contributed by atoms with Crippen LogP contribution in [0.3, 0.4) is 0 Å². The van der Waals surface area contributed by atoms with Gasteiger partial charge in [-0.3, -0.25) is 9.59 Å². The summed E-state index contributed by atoms with van der Waals surface area (Å²) < 4.78 is 11.3. The molecule has 1 aromatic carbocycles. The van der Waals surface area contributed by atoms with E-state index in [1.165, 1.54) is 4.90 Å². The summed E-state index contributed by atoms with van der Waals surface area (Å²) in [6, 6.07) is 3.47. The van der Waals surface area contributed by atoms with Gasteiger partial charge in [0, 0.05) is 31.1 Å². The van der Waals surface area contributed by atoms with Gasteiger partial charge in [-0.2, -0.15) is 0 Å². The smallest absolute Gasteiger partial charge is 0.410 e. The Kier molecular flexibility index (Phi) is 9.50. The van der Waals surface area contributed by atoms with Gasteiger partial charge in [-0.15, -0.1) is 0 Å². The first-order valence-electron chi connectivity index (χ1n) is 16.1. The van der Waals surface area contributed by atoms with Crippen LogP contribution in [0.5, 0.6) is 0 Å². The van der Waals surface area contributed by atoms with E-state index in [1.54, 1.807) is 25.7 Å². The van der Waals surface area contributed by atoms with Gasteiger partial charge in [0.2, 0.25) is 11.8 Å². The summed E-state index contributed by atoms with van der Waals surface area (Å²) in [5.41, 5.74) is 6.47. The molecule has 1 saturated carbocycles. The molecule has 0 aromatic heterocycles. The van der Waals surface area contributed by atoms with E-state index < -0.39 is 59.3 Å². The molecule has 250 valence electrons. The van der Waals surface area contributed by atoms with Crippen LogP contribution < -0.4 is 16.4 Å². The zero-order valence-electron chi connectivity index (χ0n) is 26.8. The predicted octanol–water partition coefficient (Wildman–Crippen LogP) is 3.11. The molecule has 3 heterocycles. The van der Waals surface area contributed by atoms with Crippen LogP contribution in [0.4, 0.5) is 15.3 Å². The minimum atomic E-state index is -1.46. The van der Waals surface area contributed by atoms with Gasteiger partial charge in [0.05, 0.1) is 6.54 Å². The average molecular weight is 640 g/mol. The first-order chi connectivity index (χ1) is 21.8. The molecule has 0 unspecified atom stereocenters. The fourth-order valence-electron chi connectivity index (χ4n) is 6.61. The van der Waals surface area contributed by atoms with E-state index in [-0.39, 0.29) is 25.3 Å². The number of carboxylic acid groups (broad SMARTS) is 1. The number of carboxylic acids is 1.